The van der Waals surface area contributed by atoms with Crippen molar-refractivity contribution in [3.8, 4) is 0 Å². The second-order valence-electron chi connectivity index (χ2n) is 1.86. The third kappa shape index (κ3) is 26.7. The largest absolute Gasteiger partial charge is 0.480 e. The molecule has 11 heavy (non-hydrogen) atoms. The lowest BCUT2D eigenvalue weighted by atomic mass is 10.3. The quantitative estimate of drug-likeness (QED) is 0.251. The molecule has 0 radical (unpaired) electrons. The van der Waals surface area contributed by atoms with E-state index >= 15 is 0 Å². The van der Waals surface area contributed by atoms with Gasteiger partial charge in [-0.1, -0.05) is 13.3 Å². The monoisotopic (exact) mass is 164 g/mol. The third-order valence-electron chi connectivity index (χ3n) is 0.810. The highest BCUT2D eigenvalue weighted by Gasteiger charge is 1.82. The second-order valence-corrected chi connectivity index (χ2v) is 1.86. The van der Waals surface area contributed by atoms with Crippen LogP contribution in [0.4, 0.5) is 0 Å². The summed E-state index contributed by atoms with van der Waals surface area (Å²) in [6.07, 6.45) is 2.39. The number of carboxylic acids is 1. The van der Waals surface area contributed by atoms with Crippen molar-refractivity contribution < 1.29 is 15.0 Å². The maximum Gasteiger partial charge on any atom is 0.329 e. The van der Waals surface area contributed by atoms with Crippen molar-refractivity contribution in [1.82, 2.24) is 5.43 Å². The van der Waals surface area contributed by atoms with Gasteiger partial charge in [-0.2, -0.15) is 0 Å². The molecule has 0 bridgehead atoms. The Morgan fingerprint density at radius 2 is 2.09 bits per heavy atom. The van der Waals surface area contributed by atoms with Crippen LogP contribution in [0.3, 0.4) is 0 Å². The predicted octanol–water partition coefficient (Wildman–Crippen LogP) is -0.687. The number of hydrogen-bond donors (Lipinski definition) is 4. The van der Waals surface area contributed by atoms with Gasteiger partial charge in [-0.3, -0.25) is 11.3 Å². The standard InChI is InChI=1S/C4H12N2.C2H4O3/c1-2-3-4-6-5;3-1-2(4)5/h6H,2-5H2,1H3;3H,1H2,(H,4,5). The molecule has 0 amide bonds. The summed E-state index contributed by atoms with van der Waals surface area (Å²) in [4.78, 5) is 9.12. The number of hydrogen-bond acceptors (Lipinski definition) is 4. The molecule has 0 atom stereocenters. The minimum atomic E-state index is -1.19. The molecular formula is C6H16N2O3. The zero-order valence-corrected chi connectivity index (χ0v) is 6.71. The van der Waals surface area contributed by atoms with Gasteiger partial charge in [0.25, 0.3) is 0 Å². The normalized spacial score (nSPS) is 8.27. The zero-order valence-electron chi connectivity index (χ0n) is 6.71. The van der Waals surface area contributed by atoms with E-state index in [4.69, 9.17) is 20.9 Å². The van der Waals surface area contributed by atoms with Gasteiger partial charge in [-0.25, -0.2) is 4.79 Å². The van der Waals surface area contributed by atoms with Crippen molar-refractivity contribution in [2.24, 2.45) is 5.84 Å². The molecule has 0 unspecified atom stereocenters. The molecular weight excluding hydrogens is 148 g/mol. The Kier molecular flexibility index (Phi) is 14.2. The summed E-state index contributed by atoms with van der Waals surface area (Å²) < 4.78 is 0. The van der Waals surface area contributed by atoms with Crippen molar-refractivity contribution >= 4 is 5.97 Å². The van der Waals surface area contributed by atoms with Crippen molar-refractivity contribution in [3.63, 3.8) is 0 Å². The minimum absolute atomic E-state index is 0.778. The van der Waals surface area contributed by atoms with Crippen LogP contribution >= 0.6 is 0 Å². The molecule has 0 aromatic heterocycles. The third-order valence-corrected chi connectivity index (χ3v) is 0.810. The molecule has 0 saturated carbocycles. The van der Waals surface area contributed by atoms with E-state index in [0.717, 1.165) is 6.54 Å². The van der Waals surface area contributed by atoms with Crippen LogP contribution in [0.15, 0.2) is 0 Å². The number of aliphatic hydroxyl groups is 1. The Morgan fingerprint density at radius 1 is 1.64 bits per heavy atom. The fourth-order valence-corrected chi connectivity index (χ4v) is 0.279. The number of aliphatic hydroxyl groups excluding tert-OH is 1. The zero-order chi connectivity index (χ0) is 9.11. The van der Waals surface area contributed by atoms with Crippen LogP contribution in [0.25, 0.3) is 0 Å². The molecule has 68 valence electrons. The summed E-state index contributed by atoms with van der Waals surface area (Å²) >= 11 is 0. The lowest BCUT2D eigenvalue weighted by Crippen LogP contribution is -2.22. The van der Waals surface area contributed by atoms with Gasteiger partial charge in [0, 0.05) is 6.54 Å². The van der Waals surface area contributed by atoms with Crippen molar-refractivity contribution in [1.29, 1.82) is 0 Å². The van der Waals surface area contributed by atoms with Gasteiger partial charge in [-0.15, -0.1) is 0 Å². The average Bonchev–Trinajstić information content (AvgIpc) is 2.02. The van der Waals surface area contributed by atoms with Crippen LogP contribution in [0.5, 0.6) is 0 Å². The molecule has 5 nitrogen and oxygen atoms in total. The van der Waals surface area contributed by atoms with Crippen LogP contribution in [-0.4, -0.2) is 29.3 Å². The second kappa shape index (κ2) is 12.1. The highest BCUT2D eigenvalue weighted by molar-refractivity contribution is 5.67. The topological polar surface area (TPSA) is 95.6 Å². The van der Waals surface area contributed by atoms with Gasteiger partial charge >= 0.3 is 5.97 Å². The number of carbonyl (C=O) groups is 1. The van der Waals surface area contributed by atoms with Crippen LogP contribution in [0, 0.1) is 0 Å². The number of nitrogens with two attached hydrogens (primary N) is 1. The fourth-order valence-electron chi connectivity index (χ4n) is 0.279. The Morgan fingerprint density at radius 3 is 2.18 bits per heavy atom. The van der Waals surface area contributed by atoms with Gasteiger partial charge in [0.2, 0.25) is 0 Å². The summed E-state index contributed by atoms with van der Waals surface area (Å²) in [5.74, 6) is 3.77. The smallest absolute Gasteiger partial charge is 0.329 e. The maximum absolute atomic E-state index is 9.12. The average molecular weight is 164 g/mol. The van der Waals surface area contributed by atoms with E-state index in [2.05, 4.69) is 12.3 Å². The molecule has 0 aromatic carbocycles. The first-order valence-electron chi connectivity index (χ1n) is 3.45. The van der Waals surface area contributed by atoms with E-state index < -0.39 is 12.6 Å². The van der Waals surface area contributed by atoms with Crippen LogP contribution in [0.2, 0.25) is 0 Å². The lowest BCUT2D eigenvalue weighted by molar-refractivity contribution is -0.140. The van der Waals surface area contributed by atoms with Gasteiger partial charge in [0.1, 0.15) is 6.61 Å². The highest BCUT2D eigenvalue weighted by Crippen LogP contribution is 1.78. The van der Waals surface area contributed by atoms with Gasteiger partial charge in [0.15, 0.2) is 0 Å². The first kappa shape index (κ1) is 13.0. The molecule has 0 aliphatic carbocycles. The summed E-state index contributed by atoms with van der Waals surface area (Å²) in [7, 11) is 0. The van der Waals surface area contributed by atoms with E-state index in [1.54, 1.807) is 0 Å². The van der Waals surface area contributed by atoms with Crippen LogP contribution in [0.1, 0.15) is 19.8 Å². The summed E-state index contributed by atoms with van der Waals surface area (Å²) in [6, 6.07) is 0. The lowest BCUT2D eigenvalue weighted by Gasteiger charge is -1.89. The van der Waals surface area contributed by atoms with E-state index in [1.165, 1.54) is 12.8 Å². The molecule has 0 saturated heterocycles. The van der Waals surface area contributed by atoms with Crippen molar-refractivity contribution in [2.45, 2.75) is 19.8 Å². The molecule has 0 heterocycles. The van der Waals surface area contributed by atoms with Crippen molar-refractivity contribution in [2.75, 3.05) is 13.2 Å². The van der Waals surface area contributed by atoms with Crippen LogP contribution < -0.4 is 11.3 Å². The number of rotatable bonds is 4. The Labute approximate surface area is 66.2 Å². The van der Waals surface area contributed by atoms with Gasteiger partial charge in [-0.05, 0) is 6.42 Å². The number of unbranched alkanes of at least 4 members (excludes halogenated alkanes) is 1. The SMILES string of the molecule is CCCCNN.O=C(O)CO. The van der Waals surface area contributed by atoms with E-state index in [0.29, 0.717) is 0 Å². The van der Waals surface area contributed by atoms with Crippen molar-refractivity contribution in [3.05, 3.63) is 0 Å². The minimum Gasteiger partial charge on any atom is -0.480 e. The van der Waals surface area contributed by atoms with E-state index in [1.807, 2.05) is 0 Å². The summed E-state index contributed by atoms with van der Waals surface area (Å²) in [5, 5.41) is 15.0. The Hall–Kier alpha value is -0.650. The van der Waals surface area contributed by atoms with Crippen LogP contribution in [-0.2, 0) is 4.79 Å². The molecule has 0 rings (SSSR count). The van der Waals surface area contributed by atoms with Gasteiger partial charge in [0.05, 0.1) is 0 Å². The Balaban J connectivity index is 0. The molecule has 0 spiro atoms. The first-order chi connectivity index (χ1) is 5.18. The molecule has 0 aromatic rings. The number of hydrazine groups is 1. The van der Waals surface area contributed by atoms with E-state index in [-0.39, 0.29) is 0 Å². The molecule has 0 fully saturated rings. The molecule has 0 aliphatic rings. The Bertz CT molecular complexity index is 83.9. The first-order valence-corrected chi connectivity index (χ1v) is 3.45. The van der Waals surface area contributed by atoms with E-state index in [9.17, 15) is 0 Å². The summed E-state index contributed by atoms with van der Waals surface area (Å²) in [6.45, 7) is 2.30. The molecule has 5 N–H and O–H groups in total. The number of carboxylic acid groups (broad SMARTS) is 1. The fraction of sp³-hybridized carbons (Fsp3) is 0.833. The number of nitrogens with one attached hydrogen (secondary N) is 1. The maximum atomic E-state index is 9.12. The molecule has 5 heteroatoms. The predicted molar refractivity (Wildman–Crippen MR) is 41.8 cm³/mol. The number of aliphatic carboxylic acids is 1. The molecule has 0 aliphatic heterocycles. The summed E-state index contributed by atoms with van der Waals surface area (Å²) in [5.41, 5.74) is 2.57. The highest BCUT2D eigenvalue weighted by atomic mass is 16.4. The van der Waals surface area contributed by atoms with Gasteiger partial charge < -0.3 is 10.2 Å².